The summed E-state index contributed by atoms with van der Waals surface area (Å²) in [4.78, 5) is 55.5. The van der Waals surface area contributed by atoms with E-state index in [9.17, 15) is 37.5 Å². The van der Waals surface area contributed by atoms with Gasteiger partial charge < -0.3 is 20.1 Å². The summed E-state index contributed by atoms with van der Waals surface area (Å²) < 4.78 is 47.2. The number of nitrogens with one attached hydrogen (secondary N) is 2. The number of amides is 3. The lowest BCUT2D eigenvalue weighted by Crippen LogP contribution is -2.33. The number of nitrogens with zero attached hydrogens (tertiary/aromatic N) is 1. The van der Waals surface area contributed by atoms with E-state index in [1.54, 1.807) is 24.3 Å². The van der Waals surface area contributed by atoms with Gasteiger partial charge in [-0.3, -0.25) is 19.2 Å². The highest BCUT2D eigenvalue weighted by atomic mass is 32.2. The first-order chi connectivity index (χ1) is 20.5. The van der Waals surface area contributed by atoms with Crippen LogP contribution in [0.15, 0.2) is 82.6 Å². The molecule has 1 aromatic heterocycles. The molecule has 0 bridgehead atoms. The Balaban J connectivity index is 1.31. The minimum absolute atomic E-state index is 0.0418. The first kappa shape index (κ1) is 28.6. The SMILES string of the molecule is O=C(COc1cccc(C2c3sc(=O)[nH]c3SC3C(=O)N(c4ccccc4C(F)(F)F)C(=O)C32)c1)Nc1ccc(O)cc1. The number of phenols is 1. The molecule has 14 heteroatoms. The van der Waals surface area contributed by atoms with Gasteiger partial charge in [-0.2, -0.15) is 13.2 Å². The molecule has 3 amide bonds. The van der Waals surface area contributed by atoms with E-state index in [1.165, 1.54) is 36.4 Å². The number of thioether (sulfide) groups is 1. The lowest BCUT2D eigenvalue weighted by atomic mass is 9.83. The fourth-order valence-electron chi connectivity index (χ4n) is 5.21. The fourth-order valence-corrected chi connectivity index (χ4v) is 7.73. The molecule has 0 radical (unpaired) electrons. The standard InChI is InChI=1S/C29H20F3N3O6S2/c30-29(31,32)18-6-1-2-7-19(18)35-26(38)22-21(23-25(34-28(40)43-23)42-24(22)27(35)39)14-4-3-5-17(12-14)41-13-20(37)33-15-8-10-16(36)11-9-15/h1-12,21-22,24,36H,13H2,(H,33,37)(H,34,40). The number of aromatic hydroxyl groups is 1. The molecule has 220 valence electrons. The molecule has 4 aromatic rings. The molecular formula is C29H20F3N3O6S2. The number of carbonyl (C=O) groups excluding carboxylic acids is 3. The number of hydrogen-bond donors (Lipinski definition) is 3. The Hall–Kier alpha value is -4.56. The van der Waals surface area contributed by atoms with Crippen LogP contribution in [-0.2, 0) is 20.6 Å². The maximum Gasteiger partial charge on any atom is 0.418 e. The first-order valence-corrected chi connectivity index (χ1v) is 14.5. The Kier molecular flexibility index (Phi) is 7.26. The minimum atomic E-state index is -4.80. The van der Waals surface area contributed by atoms with Crippen LogP contribution in [0, 0.1) is 5.92 Å². The van der Waals surface area contributed by atoms with E-state index in [4.69, 9.17) is 4.74 Å². The number of hydrogen-bond acceptors (Lipinski definition) is 8. The summed E-state index contributed by atoms with van der Waals surface area (Å²) in [6, 6.07) is 16.7. The number of carbonyl (C=O) groups is 3. The predicted molar refractivity (Wildman–Crippen MR) is 153 cm³/mol. The van der Waals surface area contributed by atoms with Crippen molar-refractivity contribution in [1.29, 1.82) is 0 Å². The van der Waals surface area contributed by atoms with Crippen LogP contribution >= 0.6 is 23.1 Å². The number of anilines is 2. The quantitative estimate of drug-likeness (QED) is 0.203. The molecule has 2 aliphatic heterocycles. The van der Waals surface area contributed by atoms with E-state index < -0.39 is 57.1 Å². The molecule has 9 nitrogen and oxygen atoms in total. The third-order valence-electron chi connectivity index (χ3n) is 7.01. The number of phenolic OH excluding ortho intramolecular Hbond substituents is 1. The van der Waals surface area contributed by atoms with Crippen molar-refractivity contribution in [3.8, 4) is 11.5 Å². The van der Waals surface area contributed by atoms with Gasteiger partial charge in [0.25, 0.3) is 5.91 Å². The topological polar surface area (TPSA) is 129 Å². The lowest BCUT2D eigenvalue weighted by molar-refractivity contribution is -0.137. The van der Waals surface area contributed by atoms with Gasteiger partial charge in [-0.25, -0.2) is 4.90 Å². The summed E-state index contributed by atoms with van der Waals surface area (Å²) >= 11 is 1.81. The highest BCUT2D eigenvalue weighted by Crippen LogP contribution is 2.54. The van der Waals surface area contributed by atoms with E-state index >= 15 is 0 Å². The van der Waals surface area contributed by atoms with E-state index in [1.807, 2.05) is 0 Å². The predicted octanol–water partition coefficient (Wildman–Crippen LogP) is 4.97. The average molecular weight is 628 g/mol. The zero-order valence-corrected chi connectivity index (χ0v) is 23.4. The van der Waals surface area contributed by atoms with Gasteiger partial charge in [0.1, 0.15) is 16.7 Å². The van der Waals surface area contributed by atoms with Crippen LogP contribution in [0.1, 0.15) is 21.9 Å². The van der Waals surface area contributed by atoms with Crippen molar-refractivity contribution in [2.45, 2.75) is 22.4 Å². The van der Waals surface area contributed by atoms with Gasteiger partial charge in [-0.05, 0) is 54.1 Å². The molecule has 0 aliphatic carbocycles. The number of thiazole rings is 1. The van der Waals surface area contributed by atoms with E-state index in [0.29, 0.717) is 26.1 Å². The number of alkyl halides is 3. The number of fused-ring (bicyclic) bond motifs is 2. The van der Waals surface area contributed by atoms with Crippen LogP contribution in [0.25, 0.3) is 0 Å². The lowest BCUT2D eigenvalue weighted by Gasteiger charge is -2.30. The van der Waals surface area contributed by atoms with Crippen LogP contribution in [-0.4, -0.2) is 39.7 Å². The molecule has 2 aliphatic rings. The Morgan fingerprint density at radius 2 is 1.74 bits per heavy atom. The summed E-state index contributed by atoms with van der Waals surface area (Å²) in [5, 5.41) is 11.3. The highest BCUT2D eigenvalue weighted by Gasteiger charge is 2.57. The fraction of sp³-hybridized carbons (Fsp3) is 0.172. The zero-order chi connectivity index (χ0) is 30.5. The summed E-state index contributed by atoms with van der Waals surface area (Å²) in [5.41, 5.74) is -0.731. The number of aromatic amines is 1. The van der Waals surface area contributed by atoms with Crippen molar-refractivity contribution in [2.24, 2.45) is 5.92 Å². The number of halogens is 3. The number of rotatable bonds is 6. The molecule has 3 N–H and O–H groups in total. The molecule has 3 atom stereocenters. The molecule has 0 saturated carbocycles. The van der Waals surface area contributed by atoms with Crippen molar-refractivity contribution in [2.75, 3.05) is 16.8 Å². The number of H-pyrrole nitrogens is 1. The van der Waals surface area contributed by atoms with E-state index in [-0.39, 0.29) is 18.1 Å². The summed E-state index contributed by atoms with van der Waals surface area (Å²) in [5.74, 6) is -3.75. The maximum atomic E-state index is 13.9. The number of ether oxygens (including phenoxy) is 1. The molecule has 3 unspecified atom stereocenters. The summed E-state index contributed by atoms with van der Waals surface area (Å²) in [6.07, 6.45) is -4.80. The molecule has 43 heavy (non-hydrogen) atoms. The molecule has 0 spiro atoms. The zero-order valence-electron chi connectivity index (χ0n) is 21.8. The highest BCUT2D eigenvalue weighted by molar-refractivity contribution is 8.00. The Morgan fingerprint density at radius 1 is 1.00 bits per heavy atom. The smallest absolute Gasteiger partial charge is 0.418 e. The van der Waals surface area contributed by atoms with Crippen molar-refractivity contribution in [3.63, 3.8) is 0 Å². The molecule has 1 fully saturated rings. The van der Waals surface area contributed by atoms with E-state index in [0.717, 1.165) is 35.2 Å². The van der Waals surface area contributed by atoms with Crippen molar-refractivity contribution >= 4 is 52.2 Å². The first-order valence-electron chi connectivity index (χ1n) is 12.8. The summed E-state index contributed by atoms with van der Waals surface area (Å²) in [6.45, 7) is -0.376. The Labute approximate surface area is 249 Å². The van der Waals surface area contributed by atoms with E-state index in [2.05, 4.69) is 10.3 Å². The van der Waals surface area contributed by atoms with Gasteiger partial charge in [-0.1, -0.05) is 47.4 Å². The molecule has 3 heterocycles. The third kappa shape index (κ3) is 5.39. The molecule has 3 aromatic carbocycles. The largest absolute Gasteiger partial charge is 0.508 e. The second-order valence-corrected chi connectivity index (χ2v) is 11.9. The van der Waals surface area contributed by atoms with Gasteiger partial charge >= 0.3 is 11.0 Å². The number of benzene rings is 3. The van der Waals surface area contributed by atoms with Crippen LogP contribution < -0.4 is 19.8 Å². The van der Waals surface area contributed by atoms with Crippen LogP contribution in [0.3, 0.4) is 0 Å². The second kappa shape index (κ2) is 10.9. The van der Waals surface area contributed by atoms with Gasteiger partial charge in [0.05, 0.1) is 22.2 Å². The number of imide groups is 1. The molecular weight excluding hydrogens is 607 g/mol. The third-order valence-corrected chi connectivity index (χ3v) is 9.41. The van der Waals surface area contributed by atoms with Crippen LogP contribution in [0.4, 0.5) is 24.5 Å². The molecule has 1 saturated heterocycles. The maximum absolute atomic E-state index is 13.9. The normalized spacial score (nSPS) is 19.6. The van der Waals surface area contributed by atoms with Crippen LogP contribution in [0.2, 0.25) is 0 Å². The minimum Gasteiger partial charge on any atom is -0.508 e. The number of para-hydroxylation sites is 1. The number of aromatic nitrogens is 1. The second-order valence-electron chi connectivity index (χ2n) is 9.73. The van der Waals surface area contributed by atoms with Crippen LogP contribution in [0.5, 0.6) is 11.5 Å². The monoisotopic (exact) mass is 627 g/mol. The Morgan fingerprint density at radius 3 is 2.49 bits per heavy atom. The Bertz CT molecular complexity index is 1800. The van der Waals surface area contributed by atoms with Gasteiger partial charge in [0.15, 0.2) is 6.61 Å². The summed E-state index contributed by atoms with van der Waals surface area (Å²) in [7, 11) is 0. The van der Waals surface area contributed by atoms with Gasteiger partial charge in [0.2, 0.25) is 11.8 Å². The van der Waals surface area contributed by atoms with Crippen molar-refractivity contribution < 1.29 is 37.4 Å². The van der Waals surface area contributed by atoms with Gasteiger partial charge in [0, 0.05) is 16.5 Å². The van der Waals surface area contributed by atoms with Crippen molar-refractivity contribution in [1.82, 2.24) is 4.98 Å². The van der Waals surface area contributed by atoms with Gasteiger partial charge in [-0.15, -0.1) is 0 Å². The van der Waals surface area contributed by atoms with Crippen molar-refractivity contribution in [3.05, 3.63) is 98.5 Å². The molecule has 6 rings (SSSR count). The average Bonchev–Trinajstić information content (AvgIpc) is 3.46.